The monoisotopic (exact) mass is 418 g/mol. The van der Waals surface area contributed by atoms with Crippen LogP contribution in [-0.2, 0) is 4.74 Å². The van der Waals surface area contributed by atoms with Crippen LogP contribution in [0.2, 0.25) is 5.15 Å². The van der Waals surface area contributed by atoms with Gasteiger partial charge in [0.2, 0.25) is 0 Å². The Balaban J connectivity index is 1.83. The molecule has 3 rings (SSSR count). The second-order valence-corrected chi connectivity index (χ2v) is 9.08. The molecule has 3 atom stereocenters. The van der Waals surface area contributed by atoms with Crippen molar-refractivity contribution in [1.82, 2.24) is 14.9 Å². The molecule has 29 heavy (non-hydrogen) atoms. The van der Waals surface area contributed by atoms with Gasteiger partial charge in [-0.25, -0.2) is 9.78 Å². The highest BCUT2D eigenvalue weighted by Crippen LogP contribution is 2.32. The van der Waals surface area contributed by atoms with Crippen LogP contribution in [0.15, 0.2) is 24.4 Å². The van der Waals surface area contributed by atoms with E-state index in [0.29, 0.717) is 5.15 Å². The number of anilines is 1. The molecule has 0 aromatic carbocycles. The second kappa shape index (κ2) is 8.74. The van der Waals surface area contributed by atoms with Crippen molar-refractivity contribution < 1.29 is 9.53 Å². The van der Waals surface area contributed by atoms with Crippen LogP contribution in [-0.4, -0.2) is 44.7 Å². The number of likely N-dealkylation sites (tertiary alicyclic amines) is 1. The molecule has 7 heteroatoms. The molecule has 1 N–H and O–H groups in total. The van der Waals surface area contributed by atoms with Crippen LogP contribution >= 0.6 is 11.6 Å². The topological polar surface area (TPSA) is 67.4 Å². The van der Waals surface area contributed by atoms with Crippen molar-refractivity contribution in [2.24, 2.45) is 0 Å². The SMILES string of the molecule is CC[C@@H]1CC(Nc2nc(Cl)cc3ncccc23)C[C@H](CC)N1C(=O)OC(C)(C)C. The summed E-state index contributed by atoms with van der Waals surface area (Å²) in [5.74, 6) is 0.751. The van der Waals surface area contributed by atoms with Crippen LogP contribution in [0.4, 0.5) is 10.6 Å². The van der Waals surface area contributed by atoms with E-state index in [4.69, 9.17) is 16.3 Å². The number of fused-ring (bicyclic) bond motifs is 1. The van der Waals surface area contributed by atoms with E-state index in [2.05, 4.69) is 29.1 Å². The molecular weight excluding hydrogens is 388 g/mol. The zero-order chi connectivity index (χ0) is 21.2. The quantitative estimate of drug-likeness (QED) is 0.649. The first-order chi connectivity index (χ1) is 13.7. The molecule has 2 aromatic rings. The van der Waals surface area contributed by atoms with Gasteiger partial charge in [0, 0.05) is 35.8 Å². The average Bonchev–Trinajstić information content (AvgIpc) is 2.65. The molecule has 1 amide bonds. The summed E-state index contributed by atoms with van der Waals surface area (Å²) in [6.07, 6.45) is 4.95. The molecular formula is C22H31ClN4O2. The fourth-order valence-electron chi connectivity index (χ4n) is 4.08. The summed E-state index contributed by atoms with van der Waals surface area (Å²) in [6.45, 7) is 9.96. The first kappa shape index (κ1) is 21.6. The molecule has 0 saturated carbocycles. The zero-order valence-corrected chi connectivity index (χ0v) is 18.7. The molecule has 6 nitrogen and oxygen atoms in total. The third-order valence-corrected chi connectivity index (χ3v) is 5.55. The highest BCUT2D eigenvalue weighted by Gasteiger charge is 2.39. The minimum absolute atomic E-state index is 0.115. The first-order valence-electron chi connectivity index (χ1n) is 10.4. The number of hydrogen-bond acceptors (Lipinski definition) is 5. The van der Waals surface area contributed by atoms with Gasteiger partial charge in [-0.05, 0) is 58.6 Å². The molecule has 158 valence electrons. The number of amides is 1. The Morgan fingerprint density at radius 2 is 1.93 bits per heavy atom. The molecule has 0 bridgehead atoms. The predicted octanol–water partition coefficient (Wildman–Crippen LogP) is 5.65. The molecule has 1 aliphatic rings. The highest BCUT2D eigenvalue weighted by atomic mass is 35.5. The average molecular weight is 419 g/mol. The van der Waals surface area contributed by atoms with Crippen LogP contribution in [0, 0.1) is 0 Å². The molecule has 1 fully saturated rings. The molecule has 0 radical (unpaired) electrons. The van der Waals surface area contributed by atoms with Crippen molar-refractivity contribution in [2.75, 3.05) is 5.32 Å². The van der Waals surface area contributed by atoms with Gasteiger partial charge in [0.1, 0.15) is 16.6 Å². The van der Waals surface area contributed by atoms with Gasteiger partial charge in [-0.2, -0.15) is 0 Å². The molecule has 2 aromatic heterocycles. The fraction of sp³-hybridized carbons (Fsp3) is 0.591. The smallest absolute Gasteiger partial charge is 0.410 e. The van der Waals surface area contributed by atoms with E-state index in [0.717, 1.165) is 42.4 Å². The number of nitrogens with one attached hydrogen (secondary N) is 1. The number of carbonyl (C=O) groups excluding carboxylic acids is 1. The molecule has 1 saturated heterocycles. The number of hydrogen-bond donors (Lipinski definition) is 1. The van der Waals surface area contributed by atoms with Crippen LogP contribution < -0.4 is 5.32 Å². The van der Waals surface area contributed by atoms with Gasteiger partial charge < -0.3 is 15.0 Å². The summed E-state index contributed by atoms with van der Waals surface area (Å²) in [7, 11) is 0. The fourth-order valence-corrected chi connectivity index (χ4v) is 4.27. The Labute approximate surface area is 178 Å². The minimum atomic E-state index is -0.501. The molecule has 1 aliphatic heterocycles. The van der Waals surface area contributed by atoms with Crippen molar-refractivity contribution in [3.8, 4) is 0 Å². The van der Waals surface area contributed by atoms with E-state index < -0.39 is 5.60 Å². The van der Waals surface area contributed by atoms with Gasteiger partial charge in [-0.15, -0.1) is 0 Å². The first-order valence-corrected chi connectivity index (χ1v) is 10.8. The number of rotatable bonds is 4. The summed E-state index contributed by atoms with van der Waals surface area (Å²) in [6, 6.07) is 6.10. The summed E-state index contributed by atoms with van der Waals surface area (Å²) in [4.78, 5) is 23.7. The van der Waals surface area contributed by atoms with Gasteiger partial charge >= 0.3 is 6.09 Å². The van der Waals surface area contributed by atoms with Crippen molar-refractivity contribution in [2.45, 2.75) is 84.0 Å². The lowest BCUT2D eigenvalue weighted by Crippen LogP contribution is -2.55. The normalized spacial score (nSPS) is 22.6. The van der Waals surface area contributed by atoms with Crippen molar-refractivity contribution in [3.63, 3.8) is 0 Å². The number of halogens is 1. The maximum Gasteiger partial charge on any atom is 0.410 e. The van der Waals surface area contributed by atoms with Gasteiger partial charge in [-0.1, -0.05) is 25.4 Å². The second-order valence-electron chi connectivity index (χ2n) is 8.69. The number of aromatic nitrogens is 2. The van der Waals surface area contributed by atoms with E-state index in [9.17, 15) is 4.79 Å². The lowest BCUT2D eigenvalue weighted by Gasteiger charge is -2.45. The van der Waals surface area contributed by atoms with Crippen molar-refractivity contribution in [3.05, 3.63) is 29.5 Å². The maximum absolute atomic E-state index is 12.9. The van der Waals surface area contributed by atoms with Crippen molar-refractivity contribution in [1.29, 1.82) is 0 Å². The lowest BCUT2D eigenvalue weighted by atomic mass is 9.89. The standard InChI is InChI=1S/C22H31ClN4O2/c1-6-15-11-14(12-16(7-2)27(15)21(28)29-22(3,4)5)25-20-17-9-8-10-24-18(17)13-19(23)26-20/h8-10,13-16H,6-7,11-12H2,1-5H3,(H,25,26)/t14?,15-,16+. The largest absolute Gasteiger partial charge is 0.444 e. The van der Waals surface area contributed by atoms with Crippen LogP contribution in [0.1, 0.15) is 60.3 Å². The number of ether oxygens (including phenoxy) is 1. The predicted molar refractivity (Wildman–Crippen MR) is 117 cm³/mol. The Hall–Kier alpha value is -2.08. The Bertz CT molecular complexity index is 854. The van der Waals surface area contributed by atoms with Gasteiger partial charge in [-0.3, -0.25) is 4.98 Å². The van der Waals surface area contributed by atoms with Crippen LogP contribution in [0.5, 0.6) is 0 Å². The summed E-state index contributed by atoms with van der Waals surface area (Å²) in [5.41, 5.74) is 0.319. The van der Waals surface area contributed by atoms with Crippen LogP contribution in [0.25, 0.3) is 10.9 Å². The third kappa shape index (κ3) is 5.10. The van der Waals surface area contributed by atoms with E-state index in [-0.39, 0.29) is 24.2 Å². The Morgan fingerprint density at radius 3 is 2.52 bits per heavy atom. The number of piperidine rings is 1. The molecule has 1 unspecified atom stereocenters. The molecule has 0 aliphatic carbocycles. The summed E-state index contributed by atoms with van der Waals surface area (Å²) < 4.78 is 5.70. The highest BCUT2D eigenvalue weighted by molar-refractivity contribution is 6.30. The van der Waals surface area contributed by atoms with E-state index in [1.807, 2.05) is 37.8 Å². The summed E-state index contributed by atoms with van der Waals surface area (Å²) >= 11 is 6.22. The minimum Gasteiger partial charge on any atom is -0.444 e. The zero-order valence-electron chi connectivity index (χ0n) is 17.9. The van der Waals surface area contributed by atoms with Crippen molar-refractivity contribution >= 4 is 34.4 Å². The number of nitrogens with zero attached hydrogens (tertiary/aromatic N) is 3. The Kier molecular flexibility index (Phi) is 6.52. The van der Waals surface area contributed by atoms with Gasteiger partial charge in [0.05, 0.1) is 5.52 Å². The summed E-state index contributed by atoms with van der Waals surface area (Å²) in [5, 5.41) is 4.96. The third-order valence-electron chi connectivity index (χ3n) is 5.36. The molecule has 0 spiro atoms. The number of pyridine rings is 2. The maximum atomic E-state index is 12.9. The van der Waals surface area contributed by atoms with Gasteiger partial charge in [0.25, 0.3) is 0 Å². The Morgan fingerprint density at radius 1 is 1.28 bits per heavy atom. The number of carbonyl (C=O) groups is 1. The lowest BCUT2D eigenvalue weighted by molar-refractivity contribution is -0.00810. The van der Waals surface area contributed by atoms with E-state index >= 15 is 0 Å². The van der Waals surface area contributed by atoms with E-state index in [1.165, 1.54) is 0 Å². The van der Waals surface area contributed by atoms with E-state index in [1.54, 1.807) is 12.3 Å². The molecule has 3 heterocycles. The van der Waals surface area contributed by atoms with Crippen LogP contribution in [0.3, 0.4) is 0 Å². The van der Waals surface area contributed by atoms with Gasteiger partial charge in [0.15, 0.2) is 0 Å².